The highest BCUT2D eigenvalue weighted by atomic mass is 32.2. The minimum atomic E-state index is -4.68. The van der Waals surface area contributed by atoms with E-state index >= 15 is 0 Å². The third-order valence-electron chi connectivity index (χ3n) is 13.6. The second kappa shape index (κ2) is 22.1. The van der Waals surface area contributed by atoms with Crippen LogP contribution in [-0.4, -0.2) is 85.9 Å². The van der Waals surface area contributed by atoms with Gasteiger partial charge in [-0.3, -0.25) is 23.9 Å². The molecule has 4 aliphatic heterocycles. The van der Waals surface area contributed by atoms with Gasteiger partial charge in [0.25, 0.3) is 21.9 Å². The van der Waals surface area contributed by atoms with Gasteiger partial charge in [-0.05, 0) is 121 Å². The average molecular weight is 1100 g/mol. The van der Waals surface area contributed by atoms with Crippen LogP contribution >= 0.6 is 0 Å². The Morgan fingerprint density at radius 1 is 0.570 bits per heavy atom. The van der Waals surface area contributed by atoms with Crippen LogP contribution < -0.4 is 25.8 Å². The number of anilines is 2. The van der Waals surface area contributed by atoms with E-state index in [0.29, 0.717) is 48.2 Å². The Labute approximate surface area is 448 Å². The number of halogens is 6. The maximum Gasteiger partial charge on any atom is 0.416 e. The number of alkyl halides is 6. The summed E-state index contributed by atoms with van der Waals surface area (Å²) in [4.78, 5) is 60.5. The predicted molar refractivity (Wildman–Crippen MR) is 276 cm³/mol. The zero-order valence-electron chi connectivity index (χ0n) is 41.3. The summed E-state index contributed by atoms with van der Waals surface area (Å²) in [5, 5.41) is 29.1. The number of carbonyl (C=O) groups is 4. The summed E-state index contributed by atoms with van der Waals surface area (Å²) in [5.74, 6) is -0.830. The molecule has 4 heterocycles. The maximum absolute atomic E-state index is 14.0. The van der Waals surface area contributed by atoms with Crippen molar-refractivity contribution in [2.24, 2.45) is 0 Å². The molecular formula is C56H45F6N9O7S. The van der Waals surface area contributed by atoms with Crippen LogP contribution in [0.25, 0.3) is 10.8 Å². The molecule has 6 amide bonds. The van der Waals surface area contributed by atoms with Crippen molar-refractivity contribution < 1.29 is 58.5 Å². The minimum Gasteiger partial charge on any atom is -0.333 e. The summed E-state index contributed by atoms with van der Waals surface area (Å²) in [5.41, 5.74) is 0.511. The second-order valence-electron chi connectivity index (χ2n) is 18.6. The van der Waals surface area contributed by atoms with Crippen LogP contribution in [0.1, 0.15) is 58.3 Å². The first kappa shape index (κ1) is 54.7. The molecule has 0 radical (unpaired) electrons. The quantitative estimate of drug-likeness (QED) is 0.0488. The molecule has 0 bridgehead atoms. The number of nitrogens with one attached hydrogen (secondary N) is 3. The van der Waals surface area contributed by atoms with Crippen LogP contribution in [0, 0.1) is 22.7 Å². The highest BCUT2D eigenvalue weighted by molar-refractivity contribution is 7.85. The Balaban J connectivity index is 0.000000468. The first-order valence-electron chi connectivity index (χ1n) is 24.4. The standard InChI is InChI=1S/C46H37F6N9O4.C10H8O3S/c47-45(48,49)31-5-1-7-33(21-31)60-35-25-58(41(62)37(35)39(56-43(60)64)29-13-9-27(23-53)10-14-29)19-3-17-55-18-4-20-59-26-36-38(42(59)63)40(30-15-11-28(24-54)12-16-30)57-44(65)61(36)34-8-2-6-32(22-34)46(50,51)52;11-14(12,13)10-6-5-8-3-1-2-4-9(8)7-10/h1-2,5-16,21-22,39-40,55H,3-4,17-20,25-26H2,(H,56,64)(H,57,65);1-7H,(H,11,12,13)/t39-,40-;/m1./s1. The molecule has 2 atom stereocenters. The molecule has 0 saturated carbocycles. The second-order valence-corrected chi connectivity index (χ2v) is 20.0. The summed E-state index contributed by atoms with van der Waals surface area (Å²) < 4.78 is 113. The van der Waals surface area contributed by atoms with Gasteiger partial charge < -0.3 is 25.8 Å². The van der Waals surface area contributed by atoms with Gasteiger partial charge in [0.05, 0.1) is 98.4 Å². The van der Waals surface area contributed by atoms with Crippen molar-refractivity contribution in [3.63, 3.8) is 0 Å². The van der Waals surface area contributed by atoms with Crippen LogP contribution in [0.15, 0.2) is 167 Å². The smallest absolute Gasteiger partial charge is 0.333 e. The molecule has 23 heteroatoms. The van der Waals surface area contributed by atoms with Gasteiger partial charge in [0.2, 0.25) is 0 Å². The number of benzene rings is 6. The number of rotatable bonds is 13. The van der Waals surface area contributed by atoms with Crippen LogP contribution in [0.4, 0.5) is 47.3 Å². The average Bonchev–Trinajstić information content (AvgIpc) is 4.21. The normalized spacial score (nSPS) is 17.5. The summed E-state index contributed by atoms with van der Waals surface area (Å²) in [7, 11) is -4.09. The fourth-order valence-electron chi connectivity index (χ4n) is 9.78. The van der Waals surface area contributed by atoms with Gasteiger partial charge in [0.15, 0.2) is 0 Å². The lowest BCUT2D eigenvalue weighted by atomic mass is 9.94. The number of amides is 6. The van der Waals surface area contributed by atoms with E-state index in [1.807, 2.05) is 30.3 Å². The van der Waals surface area contributed by atoms with Crippen molar-refractivity contribution >= 4 is 56.1 Å². The predicted octanol–water partition coefficient (Wildman–Crippen LogP) is 9.36. The number of hydrogen-bond acceptors (Lipinski definition) is 9. The van der Waals surface area contributed by atoms with E-state index in [1.165, 1.54) is 70.5 Å². The first-order valence-corrected chi connectivity index (χ1v) is 25.9. The molecular weight excluding hydrogens is 1060 g/mol. The molecule has 6 aromatic carbocycles. The Morgan fingerprint density at radius 3 is 1.41 bits per heavy atom. The van der Waals surface area contributed by atoms with Crippen molar-refractivity contribution in [2.75, 3.05) is 49.1 Å². The number of nitriles is 2. The number of urea groups is 2. The van der Waals surface area contributed by atoms with Crippen molar-refractivity contribution in [1.82, 2.24) is 25.8 Å². The fourth-order valence-corrected chi connectivity index (χ4v) is 10.3. The molecule has 16 nitrogen and oxygen atoms in total. The van der Waals surface area contributed by atoms with Crippen molar-refractivity contribution in [3.8, 4) is 12.1 Å². The molecule has 0 unspecified atom stereocenters. The van der Waals surface area contributed by atoms with E-state index < -0.39 is 69.6 Å². The molecule has 10 rings (SSSR count). The molecule has 0 aromatic heterocycles. The van der Waals surface area contributed by atoms with Crippen molar-refractivity contribution in [3.05, 3.63) is 195 Å². The molecule has 4 N–H and O–H groups in total. The Hall–Kier alpha value is -9.03. The molecule has 6 aromatic rings. The number of fused-ring (bicyclic) bond motifs is 1. The SMILES string of the molecule is N#Cc1ccc([C@H]2NC(=O)N(c3cccc(C(F)(F)F)c3)C3=C2C(=O)N(CCCNCCCN2CC4=C(C2=O)[C@@H](c2ccc(C#N)cc2)NC(=O)N4c2cccc(C(F)(F)F)c2)C3)cc1.O=S(=O)(O)c1ccc2ccccc2c1. The van der Waals surface area contributed by atoms with Crippen LogP contribution in [0.2, 0.25) is 0 Å². The molecule has 0 fully saturated rings. The number of nitrogens with zero attached hydrogens (tertiary/aromatic N) is 6. The molecule has 79 heavy (non-hydrogen) atoms. The van der Waals surface area contributed by atoms with Crippen molar-refractivity contribution in [1.29, 1.82) is 10.5 Å². The monoisotopic (exact) mass is 1100 g/mol. The van der Waals surface area contributed by atoms with E-state index in [2.05, 4.69) is 16.0 Å². The largest absolute Gasteiger partial charge is 0.416 e. The van der Waals surface area contributed by atoms with Gasteiger partial charge in [0.1, 0.15) is 0 Å². The van der Waals surface area contributed by atoms with E-state index in [1.54, 1.807) is 36.4 Å². The molecule has 4 aliphatic rings. The maximum atomic E-state index is 14.0. The molecule has 404 valence electrons. The topological polar surface area (TPSA) is 219 Å². The molecule has 0 saturated heterocycles. The number of carbonyl (C=O) groups excluding carboxylic acids is 4. The van der Waals surface area contributed by atoms with Gasteiger partial charge in [-0.1, -0.05) is 66.7 Å². The minimum absolute atomic E-state index is 0.0578. The van der Waals surface area contributed by atoms with Gasteiger partial charge >= 0.3 is 24.4 Å². The van der Waals surface area contributed by atoms with Crippen LogP contribution in [-0.2, 0) is 32.1 Å². The zero-order valence-corrected chi connectivity index (χ0v) is 42.2. The highest BCUT2D eigenvalue weighted by Gasteiger charge is 2.47. The lowest BCUT2D eigenvalue weighted by Crippen LogP contribution is -2.47. The third kappa shape index (κ3) is 11.6. The first-order chi connectivity index (χ1) is 37.6. The van der Waals surface area contributed by atoms with Gasteiger partial charge in [-0.2, -0.15) is 45.3 Å². The van der Waals surface area contributed by atoms with E-state index in [4.69, 9.17) is 4.55 Å². The summed E-state index contributed by atoms with van der Waals surface area (Å²) in [6.07, 6.45) is -8.49. The molecule has 0 spiro atoms. The van der Waals surface area contributed by atoms with Gasteiger partial charge in [-0.25, -0.2) is 9.59 Å². The summed E-state index contributed by atoms with van der Waals surface area (Å²) in [6, 6.07) is 33.7. The van der Waals surface area contributed by atoms with E-state index in [-0.39, 0.29) is 65.0 Å². The lowest BCUT2D eigenvalue weighted by Gasteiger charge is -2.34. The Bertz CT molecular complexity index is 3480. The van der Waals surface area contributed by atoms with Gasteiger partial charge in [-0.15, -0.1) is 0 Å². The Morgan fingerprint density at radius 2 is 1.00 bits per heavy atom. The summed E-state index contributed by atoms with van der Waals surface area (Å²) >= 11 is 0. The van der Waals surface area contributed by atoms with E-state index in [0.717, 1.165) is 44.8 Å². The highest BCUT2D eigenvalue weighted by Crippen LogP contribution is 2.42. The molecule has 0 aliphatic carbocycles. The van der Waals surface area contributed by atoms with Crippen LogP contribution in [0.5, 0.6) is 0 Å². The number of hydrogen-bond donors (Lipinski definition) is 4. The zero-order chi connectivity index (χ0) is 56.4. The summed E-state index contributed by atoms with van der Waals surface area (Å²) in [6.45, 7) is 1.14. The van der Waals surface area contributed by atoms with Crippen molar-refractivity contribution in [2.45, 2.75) is 42.2 Å². The van der Waals surface area contributed by atoms with Gasteiger partial charge in [0, 0.05) is 13.1 Å². The third-order valence-corrected chi connectivity index (χ3v) is 14.4. The Kier molecular flexibility index (Phi) is 15.3. The van der Waals surface area contributed by atoms with E-state index in [9.17, 15) is 64.5 Å². The van der Waals surface area contributed by atoms with Crippen LogP contribution in [0.3, 0.4) is 0 Å². The lowest BCUT2D eigenvalue weighted by molar-refractivity contribution is -0.138. The fraction of sp³-hybridized carbons (Fsp3) is 0.214.